The maximum absolute atomic E-state index is 11.7. The predicted octanol–water partition coefficient (Wildman–Crippen LogP) is 2.46. The predicted molar refractivity (Wildman–Crippen MR) is 61.1 cm³/mol. The van der Waals surface area contributed by atoms with Crippen LogP contribution < -0.4 is 5.56 Å². The number of halogens is 1. The molecule has 0 amide bonds. The first kappa shape index (κ1) is 9.58. The first-order chi connectivity index (χ1) is 7.10. The van der Waals surface area contributed by atoms with Gasteiger partial charge in [0.25, 0.3) is 5.56 Å². The molecular formula is C11H13BrN2O. The highest BCUT2D eigenvalue weighted by molar-refractivity contribution is 9.10. The third-order valence-corrected chi connectivity index (χ3v) is 4.19. The highest BCUT2D eigenvalue weighted by atomic mass is 79.9. The average molecular weight is 269 g/mol. The minimum absolute atomic E-state index is 0.0185. The number of nitrogens with zero attached hydrogens (tertiary/aromatic N) is 1. The van der Waals surface area contributed by atoms with Gasteiger partial charge in [0.2, 0.25) is 0 Å². The van der Waals surface area contributed by atoms with Gasteiger partial charge in [0, 0.05) is 11.3 Å². The van der Waals surface area contributed by atoms with Crippen LogP contribution in [0.2, 0.25) is 0 Å². The summed E-state index contributed by atoms with van der Waals surface area (Å²) >= 11 is 3.34. The van der Waals surface area contributed by atoms with Crippen molar-refractivity contribution in [3.63, 3.8) is 0 Å². The van der Waals surface area contributed by atoms with E-state index in [1.807, 2.05) is 0 Å². The molecule has 1 aromatic heterocycles. The summed E-state index contributed by atoms with van der Waals surface area (Å²) < 4.78 is 0.637. The van der Waals surface area contributed by atoms with Crippen molar-refractivity contribution in [1.82, 2.24) is 9.97 Å². The van der Waals surface area contributed by atoms with Crippen molar-refractivity contribution in [3.8, 4) is 0 Å². The second kappa shape index (κ2) is 2.94. The Labute approximate surface area is 96.4 Å². The molecule has 0 spiro atoms. The number of hydrogen-bond donors (Lipinski definition) is 1. The Kier molecular flexibility index (Phi) is 1.88. The van der Waals surface area contributed by atoms with Crippen LogP contribution in [0.3, 0.4) is 0 Å². The van der Waals surface area contributed by atoms with E-state index in [9.17, 15) is 4.79 Å². The van der Waals surface area contributed by atoms with E-state index >= 15 is 0 Å². The van der Waals surface area contributed by atoms with Crippen molar-refractivity contribution in [1.29, 1.82) is 0 Å². The van der Waals surface area contributed by atoms with Crippen LogP contribution in [-0.2, 0) is 5.41 Å². The highest BCUT2D eigenvalue weighted by Gasteiger charge is 2.42. The minimum atomic E-state index is -0.0185. The van der Waals surface area contributed by atoms with Gasteiger partial charge in [0.15, 0.2) is 0 Å². The molecule has 2 saturated carbocycles. The summed E-state index contributed by atoms with van der Waals surface area (Å²) in [6, 6.07) is 0. The number of rotatable bonds is 2. The normalized spacial score (nSPS) is 22.8. The minimum Gasteiger partial charge on any atom is -0.309 e. The van der Waals surface area contributed by atoms with Crippen molar-refractivity contribution < 1.29 is 0 Å². The largest absolute Gasteiger partial charge is 0.309 e. The zero-order valence-corrected chi connectivity index (χ0v) is 10.2. The summed E-state index contributed by atoms with van der Waals surface area (Å²) in [4.78, 5) is 19.2. The molecule has 15 heavy (non-hydrogen) atoms. The number of H-pyrrole nitrogens is 1. The van der Waals surface area contributed by atoms with Crippen molar-refractivity contribution in [2.75, 3.05) is 0 Å². The number of nitrogens with one attached hydrogen (secondary N) is 1. The van der Waals surface area contributed by atoms with E-state index in [0.717, 1.165) is 24.4 Å². The van der Waals surface area contributed by atoms with E-state index in [4.69, 9.17) is 0 Å². The summed E-state index contributed by atoms with van der Waals surface area (Å²) in [5.41, 5.74) is 1.10. The quantitative estimate of drug-likeness (QED) is 0.896. The summed E-state index contributed by atoms with van der Waals surface area (Å²) in [6.45, 7) is 2.16. The lowest BCUT2D eigenvalue weighted by Gasteiger charge is -2.10. The Hall–Kier alpha value is -0.640. The van der Waals surface area contributed by atoms with Gasteiger partial charge in [-0.15, -0.1) is 0 Å². The van der Waals surface area contributed by atoms with Gasteiger partial charge in [-0.25, -0.2) is 4.98 Å². The van der Waals surface area contributed by atoms with Crippen LogP contribution in [0, 0.1) is 0 Å². The van der Waals surface area contributed by atoms with Crippen LogP contribution in [-0.4, -0.2) is 9.97 Å². The zero-order valence-electron chi connectivity index (χ0n) is 8.64. The molecule has 0 radical (unpaired) electrons. The molecule has 0 saturated heterocycles. The van der Waals surface area contributed by atoms with Crippen LogP contribution >= 0.6 is 15.9 Å². The number of hydrogen-bond acceptors (Lipinski definition) is 2. The third-order valence-electron chi connectivity index (χ3n) is 3.42. The topological polar surface area (TPSA) is 45.8 Å². The van der Waals surface area contributed by atoms with Gasteiger partial charge < -0.3 is 4.98 Å². The van der Waals surface area contributed by atoms with Crippen molar-refractivity contribution in [2.45, 2.75) is 43.9 Å². The fraction of sp³-hybridized carbons (Fsp3) is 0.636. The second-order valence-electron chi connectivity index (χ2n) is 4.95. The number of aromatic nitrogens is 2. The molecule has 0 aromatic carbocycles. The lowest BCUT2D eigenvalue weighted by atomic mass is 10.1. The number of aromatic amines is 1. The first-order valence-electron chi connectivity index (χ1n) is 5.40. The van der Waals surface area contributed by atoms with Gasteiger partial charge in [-0.2, -0.15) is 0 Å². The van der Waals surface area contributed by atoms with Crippen LogP contribution in [0.1, 0.15) is 50.0 Å². The standard InChI is InChI=1S/C11H13BrN2O/c1-11(4-5-11)10-13-8(6-2-3-6)7(12)9(15)14-10/h6H,2-5H2,1H3,(H,13,14,15). The summed E-state index contributed by atoms with van der Waals surface area (Å²) in [5, 5.41) is 0. The SMILES string of the molecule is CC1(c2nc(C3CC3)c(Br)c(=O)[nH]2)CC1. The Morgan fingerprint density at radius 2 is 2.13 bits per heavy atom. The average Bonchev–Trinajstić information content (AvgIpc) is 3.04. The Morgan fingerprint density at radius 1 is 1.47 bits per heavy atom. The Morgan fingerprint density at radius 3 is 2.67 bits per heavy atom. The second-order valence-corrected chi connectivity index (χ2v) is 5.74. The molecule has 3 rings (SSSR count). The fourth-order valence-corrected chi connectivity index (χ4v) is 2.33. The molecule has 1 N–H and O–H groups in total. The van der Waals surface area contributed by atoms with E-state index in [0.29, 0.717) is 10.4 Å². The van der Waals surface area contributed by atoms with Gasteiger partial charge in [0.1, 0.15) is 10.3 Å². The molecule has 1 aromatic rings. The van der Waals surface area contributed by atoms with E-state index in [1.165, 1.54) is 12.8 Å². The first-order valence-corrected chi connectivity index (χ1v) is 6.20. The van der Waals surface area contributed by atoms with Crippen LogP contribution in [0.4, 0.5) is 0 Å². The fourth-order valence-electron chi connectivity index (χ4n) is 1.81. The van der Waals surface area contributed by atoms with Gasteiger partial charge in [-0.3, -0.25) is 4.79 Å². The molecule has 0 atom stereocenters. The molecule has 0 aliphatic heterocycles. The lowest BCUT2D eigenvalue weighted by molar-refractivity contribution is 0.688. The molecule has 1 heterocycles. The van der Waals surface area contributed by atoms with Crippen molar-refractivity contribution >= 4 is 15.9 Å². The van der Waals surface area contributed by atoms with Crippen LogP contribution in [0.25, 0.3) is 0 Å². The van der Waals surface area contributed by atoms with Crippen LogP contribution in [0.15, 0.2) is 9.27 Å². The van der Waals surface area contributed by atoms with Crippen LogP contribution in [0.5, 0.6) is 0 Å². The molecule has 2 fully saturated rings. The Bertz CT molecular complexity index is 472. The molecule has 4 heteroatoms. The van der Waals surface area contributed by atoms with E-state index < -0.39 is 0 Å². The Balaban J connectivity index is 2.13. The van der Waals surface area contributed by atoms with Crippen molar-refractivity contribution in [3.05, 3.63) is 26.3 Å². The molecule has 0 unspecified atom stereocenters. The third kappa shape index (κ3) is 1.55. The lowest BCUT2D eigenvalue weighted by Crippen LogP contribution is -2.19. The zero-order chi connectivity index (χ0) is 10.6. The highest BCUT2D eigenvalue weighted by Crippen LogP contribution is 2.47. The monoisotopic (exact) mass is 268 g/mol. The van der Waals surface area contributed by atoms with Crippen molar-refractivity contribution in [2.24, 2.45) is 0 Å². The van der Waals surface area contributed by atoms with E-state index in [2.05, 4.69) is 32.8 Å². The van der Waals surface area contributed by atoms with E-state index in [1.54, 1.807) is 0 Å². The van der Waals surface area contributed by atoms with Gasteiger partial charge in [-0.05, 0) is 41.6 Å². The van der Waals surface area contributed by atoms with E-state index in [-0.39, 0.29) is 11.0 Å². The summed E-state index contributed by atoms with van der Waals surface area (Å²) in [7, 11) is 0. The molecule has 0 bridgehead atoms. The maximum atomic E-state index is 11.7. The van der Waals surface area contributed by atoms with Gasteiger partial charge >= 0.3 is 0 Å². The van der Waals surface area contributed by atoms with Gasteiger partial charge in [0.05, 0.1) is 5.69 Å². The van der Waals surface area contributed by atoms with Gasteiger partial charge in [-0.1, -0.05) is 6.92 Å². The molecular weight excluding hydrogens is 256 g/mol. The molecule has 80 valence electrons. The molecule has 2 aliphatic rings. The summed E-state index contributed by atoms with van der Waals surface area (Å²) in [6.07, 6.45) is 4.62. The summed E-state index contributed by atoms with van der Waals surface area (Å²) in [5.74, 6) is 1.40. The molecule has 3 nitrogen and oxygen atoms in total. The molecule has 2 aliphatic carbocycles. The smallest absolute Gasteiger partial charge is 0.265 e. The maximum Gasteiger partial charge on any atom is 0.265 e.